The molecule has 0 fully saturated rings. The Kier molecular flexibility index (Phi) is 3.91. The van der Waals surface area contributed by atoms with E-state index in [2.05, 4.69) is 30.9 Å². The van der Waals surface area contributed by atoms with Crippen LogP contribution in [0, 0.1) is 0 Å². The molecule has 0 atom stereocenters. The van der Waals surface area contributed by atoms with E-state index in [1.165, 1.54) is 0 Å². The van der Waals surface area contributed by atoms with E-state index in [1.807, 2.05) is 18.0 Å². The number of anilines is 1. The van der Waals surface area contributed by atoms with Gasteiger partial charge in [-0.25, -0.2) is 4.98 Å². The highest BCUT2D eigenvalue weighted by molar-refractivity contribution is 9.10. The van der Waals surface area contributed by atoms with Crippen LogP contribution in [-0.4, -0.2) is 22.0 Å². The summed E-state index contributed by atoms with van der Waals surface area (Å²) in [5.74, 6) is 0.819. The molecule has 0 unspecified atom stereocenters. The summed E-state index contributed by atoms with van der Waals surface area (Å²) in [4.78, 5) is 14.5. The third-order valence-electron chi connectivity index (χ3n) is 2.17. The first-order valence-corrected chi connectivity index (χ1v) is 6.11. The van der Waals surface area contributed by atoms with E-state index in [0.29, 0.717) is 11.6 Å². The maximum absolute atomic E-state index is 5.85. The molecule has 0 saturated heterocycles. The predicted octanol–water partition coefficient (Wildman–Crippen LogP) is 2.92. The molecule has 0 aliphatic rings. The summed E-state index contributed by atoms with van der Waals surface area (Å²) in [6, 6.07) is 1.82. The fourth-order valence-corrected chi connectivity index (χ4v) is 2.36. The molecule has 2 rings (SSSR count). The van der Waals surface area contributed by atoms with Crippen molar-refractivity contribution >= 4 is 33.3 Å². The Labute approximate surface area is 113 Å². The first-order valence-electron chi connectivity index (χ1n) is 4.94. The van der Waals surface area contributed by atoms with Gasteiger partial charge >= 0.3 is 0 Å². The van der Waals surface area contributed by atoms with Crippen LogP contribution in [0.3, 0.4) is 0 Å². The summed E-state index contributed by atoms with van der Waals surface area (Å²) in [6.07, 6.45) is 6.68. The molecule has 0 radical (unpaired) electrons. The number of halogens is 2. The van der Waals surface area contributed by atoms with Crippen LogP contribution in [-0.2, 0) is 6.54 Å². The quantitative estimate of drug-likeness (QED) is 0.874. The molecule has 0 aliphatic carbocycles. The Morgan fingerprint density at radius 1 is 1.29 bits per heavy atom. The van der Waals surface area contributed by atoms with E-state index in [-0.39, 0.29) is 0 Å². The molecule has 0 amide bonds. The Morgan fingerprint density at radius 3 is 2.76 bits per heavy atom. The molecule has 2 heterocycles. The van der Waals surface area contributed by atoms with Gasteiger partial charge in [-0.3, -0.25) is 9.97 Å². The Hall–Kier alpha value is -1.20. The van der Waals surface area contributed by atoms with Gasteiger partial charge in [0.25, 0.3) is 0 Å². The van der Waals surface area contributed by atoms with Crippen molar-refractivity contribution in [3.8, 4) is 0 Å². The second-order valence-corrected chi connectivity index (χ2v) is 4.80. The van der Waals surface area contributed by atoms with Crippen molar-refractivity contribution in [1.82, 2.24) is 15.0 Å². The topological polar surface area (TPSA) is 41.9 Å². The molecule has 2 aromatic rings. The van der Waals surface area contributed by atoms with Crippen molar-refractivity contribution in [3.05, 3.63) is 46.0 Å². The lowest BCUT2D eigenvalue weighted by Gasteiger charge is -2.18. The van der Waals surface area contributed by atoms with Gasteiger partial charge in [-0.2, -0.15) is 0 Å². The first-order chi connectivity index (χ1) is 8.16. The Bertz CT molecular complexity index is 506. The average Bonchev–Trinajstić information content (AvgIpc) is 2.30. The van der Waals surface area contributed by atoms with Crippen LogP contribution in [0.5, 0.6) is 0 Å². The molecule has 0 aliphatic heterocycles. The average molecular weight is 314 g/mol. The number of hydrogen-bond donors (Lipinski definition) is 0. The molecular weight excluding hydrogens is 304 g/mol. The van der Waals surface area contributed by atoms with Crippen LogP contribution in [0.25, 0.3) is 0 Å². The van der Waals surface area contributed by atoms with Crippen LogP contribution in [0.4, 0.5) is 5.82 Å². The predicted molar refractivity (Wildman–Crippen MR) is 71.1 cm³/mol. The van der Waals surface area contributed by atoms with Crippen molar-refractivity contribution in [2.45, 2.75) is 6.54 Å². The highest BCUT2D eigenvalue weighted by Gasteiger charge is 2.09. The van der Waals surface area contributed by atoms with Crippen LogP contribution >= 0.6 is 27.5 Å². The van der Waals surface area contributed by atoms with Crippen molar-refractivity contribution in [1.29, 1.82) is 0 Å². The van der Waals surface area contributed by atoms with Crippen LogP contribution in [0.2, 0.25) is 5.02 Å². The number of nitrogens with zero attached hydrogens (tertiary/aromatic N) is 4. The maximum atomic E-state index is 5.85. The monoisotopic (exact) mass is 312 g/mol. The molecular formula is C11H10BrClN4. The van der Waals surface area contributed by atoms with Gasteiger partial charge in [0.15, 0.2) is 0 Å². The van der Waals surface area contributed by atoms with Gasteiger partial charge in [-0.05, 0) is 22.0 Å². The fraction of sp³-hybridized carbons (Fsp3) is 0.182. The minimum absolute atomic E-state index is 0.605. The molecule has 88 valence electrons. The number of hydrogen-bond acceptors (Lipinski definition) is 4. The molecule has 0 aromatic carbocycles. The Morgan fingerprint density at radius 2 is 2.12 bits per heavy atom. The number of pyridine rings is 1. The summed E-state index contributed by atoms with van der Waals surface area (Å²) >= 11 is 9.28. The Balaban J connectivity index is 2.17. The molecule has 0 spiro atoms. The summed E-state index contributed by atoms with van der Waals surface area (Å²) in [5.41, 5.74) is 0.888. The second-order valence-electron chi connectivity index (χ2n) is 3.51. The van der Waals surface area contributed by atoms with Crippen molar-refractivity contribution in [3.63, 3.8) is 0 Å². The molecule has 0 bridgehead atoms. The van der Waals surface area contributed by atoms with E-state index in [1.54, 1.807) is 24.8 Å². The van der Waals surface area contributed by atoms with Gasteiger partial charge in [0, 0.05) is 25.6 Å². The van der Waals surface area contributed by atoms with E-state index in [4.69, 9.17) is 11.6 Å². The largest absolute Gasteiger partial charge is 0.353 e. The van der Waals surface area contributed by atoms with Gasteiger partial charge in [-0.1, -0.05) is 11.6 Å². The van der Waals surface area contributed by atoms with E-state index >= 15 is 0 Å². The highest BCUT2D eigenvalue weighted by Crippen LogP contribution is 2.26. The minimum Gasteiger partial charge on any atom is -0.353 e. The minimum atomic E-state index is 0.605. The summed E-state index contributed by atoms with van der Waals surface area (Å²) in [7, 11) is 1.94. The van der Waals surface area contributed by atoms with Gasteiger partial charge in [-0.15, -0.1) is 0 Å². The van der Waals surface area contributed by atoms with Crippen molar-refractivity contribution in [2.24, 2.45) is 0 Å². The highest BCUT2D eigenvalue weighted by atomic mass is 79.9. The summed E-state index contributed by atoms with van der Waals surface area (Å²) in [6.45, 7) is 0.640. The zero-order chi connectivity index (χ0) is 12.3. The van der Waals surface area contributed by atoms with Crippen molar-refractivity contribution < 1.29 is 0 Å². The zero-order valence-electron chi connectivity index (χ0n) is 9.14. The standard InChI is InChI=1S/C11H10BrClN4/c1-17(7-9-6-14-2-3-15-9)11-10(12)4-8(13)5-16-11/h2-6H,7H2,1H3. The molecule has 6 heteroatoms. The molecule has 2 aromatic heterocycles. The third-order valence-corrected chi connectivity index (χ3v) is 2.96. The summed E-state index contributed by atoms with van der Waals surface area (Å²) in [5, 5.41) is 0.605. The van der Waals surface area contributed by atoms with Gasteiger partial charge in [0.1, 0.15) is 5.82 Å². The van der Waals surface area contributed by atoms with Gasteiger partial charge in [0.2, 0.25) is 0 Å². The lowest BCUT2D eigenvalue weighted by Crippen LogP contribution is -2.19. The van der Waals surface area contributed by atoms with Gasteiger partial charge in [0.05, 0.1) is 27.9 Å². The summed E-state index contributed by atoms with van der Waals surface area (Å²) < 4.78 is 0.858. The van der Waals surface area contributed by atoms with Crippen LogP contribution in [0.15, 0.2) is 35.3 Å². The van der Waals surface area contributed by atoms with E-state index in [0.717, 1.165) is 16.0 Å². The van der Waals surface area contributed by atoms with E-state index < -0.39 is 0 Å². The normalized spacial score (nSPS) is 10.3. The lowest BCUT2D eigenvalue weighted by atomic mass is 10.4. The van der Waals surface area contributed by atoms with Crippen molar-refractivity contribution in [2.75, 3.05) is 11.9 Å². The molecule has 17 heavy (non-hydrogen) atoms. The van der Waals surface area contributed by atoms with E-state index in [9.17, 15) is 0 Å². The molecule has 0 N–H and O–H groups in total. The zero-order valence-corrected chi connectivity index (χ0v) is 11.5. The van der Waals surface area contributed by atoms with Crippen LogP contribution < -0.4 is 4.90 Å². The SMILES string of the molecule is CN(Cc1cnccn1)c1ncc(Cl)cc1Br. The number of aromatic nitrogens is 3. The van der Waals surface area contributed by atoms with Gasteiger partial charge < -0.3 is 4.90 Å². The number of rotatable bonds is 3. The molecule has 4 nitrogen and oxygen atoms in total. The van der Waals surface area contributed by atoms with Crippen LogP contribution in [0.1, 0.15) is 5.69 Å². The fourth-order valence-electron chi connectivity index (χ4n) is 1.42. The third kappa shape index (κ3) is 3.14. The maximum Gasteiger partial charge on any atom is 0.143 e. The smallest absolute Gasteiger partial charge is 0.143 e. The molecule has 0 saturated carbocycles. The first kappa shape index (κ1) is 12.3. The second kappa shape index (κ2) is 5.42. The lowest BCUT2D eigenvalue weighted by molar-refractivity contribution is 0.853.